The molecule has 4 heteroatoms. The highest BCUT2D eigenvalue weighted by Gasteiger charge is 2.15. The topological polar surface area (TPSA) is 19.4 Å². The van der Waals surface area contributed by atoms with Crippen molar-refractivity contribution >= 4 is 13.4 Å². The third-order valence-corrected chi connectivity index (χ3v) is 3.17. The van der Waals surface area contributed by atoms with Gasteiger partial charge in [0.25, 0.3) is 0 Å². The average Bonchev–Trinajstić information content (AvgIpc) is 2.33. The molecule has 84 valence electrons. The largest absolute Gasteiger partial charge is 0.301 e. The smallest absolute Gasteiger partial charge is 0.141 e. The molecule has 2 heterocycles. The summed E-state index contributed by atoms with van der Waals surface area (Å²) in [6.07, 6.45) is 1.88. The number of piperazine rings is 1. The zero-order chi connectivity index (χ0) is 11.4. The van der Waals surface area contributed by atoms with Crippen LogP contribution in [0.4, 0.5) is 0 Å². The number of nitrogens with zero attached hydrogens (tertiary/aromatic N) is 3. The standard InChI is InChI=1S/C12H18BN3/c1-2-15-5-7-16(8-6-15)10-11-3-4-12(13)14-9-11/h3-4,9H,2,5-8,10H2,1H3. The van der Waals surface area contributed by atoms with Crippen LogP contribution in [0.2, 0.25) is 0 Å². The Labute approximate surface area is 98.9 Å². The van der Waals surface area contributed by atoms with Crippen molar-refractivity contribution in [3.8, 4) is 0 Å². The van der Waals surface area contributed by atoms with Gasteiger partial charge in [-0.3, -0.25) is 9.88 Å². The van der Waals surface area contributed by atoms with E-state index in [1.54, 1.807) is 0 Å². The molecule has 0 atom stereocenters. The minimum atomic E-state index is 0.597. The zero-order valence-electron chi connectivity index (χ0n) is 9.89. The number of aromatic nitrogens is 1. The van der Waals surface area contributed by atoms with Crippen LogP contribution in [0.3, 0.4) is 0 Å². The molecule has 1 saturated heterocycles. The first kappa shape index (κ1) is 11.6. The van der Waals surface area contributed by atoms with Crippen molar-refractivity contribution in [3.63, 3.8) is 0 Å². The van der Waals surface area contributed by atoms with Crippen molar-refractivity contribution in [2.24, 2.45) is 0 Å². The van der Waals surface area contributed by atoms with E-state index in [2.05, 4.69) is 27.8 Å². The number of rotatable bonds is 3. The molecule has 2 rings (SSSR count). The van der Waals surface area contributed by atoms with Crippen LogP contribution in [0.15, 0.2) is 18.3 Å². The fraction of sp³-hybridized carbons (Fsp3) is 0.583. The van der Waals surface area contributed by atoms with Crippen LogP contribution in [0.25, 0.3) is 0 Å². The van der Waals surface area contributed by atoms with E-state index in [0.29, 0.717) is 5.59 Å². The van der Waals surface area contributed by atoms with Crippen LogP contribution in [0.5, 0.6) is 0 Å². The summed E-state index contributed by atoms with van der Waals surface area (Å²) in [7, 11) is 5.56. The molecule has 0 aromatic carbocycles. The van der Waals surface area contributed by atoms with Gasteiger partial charge >= 0.3 is 0 Å². The maximum atomic E-state index is 5.56. The van der Waals surface area contributed by atoms with Gasteiger partial charge in [-0.05, 0) is 17.7 Å². The lowest BCUT2D eigenvalue weighted by Gasteiger charge is -2.33. The highest BCUT2D eigenvalue weighted by Crippen LogP contribution is 2.06. The maximum Gasteiger partial charge on any atom is 0.141 e. The lowest BCUT2D eigenvalue weighted by Crippen LogP contribution is -2.45. The molecule has 0 N–H and O–H groups in total. The minimum absolute atomic E-state index is 0.597. The van der Waals surface area contributed by atoms with Crippen LogP contribution in [-0.2, 0) is 6.54 Å². The van der Waals surface area contributed by atoms with E-state index >= 15 is 0 Å². The van der Waals surface area contributed by atoms with E-state index < -0.39 is 0 Å². The van der Waals surface area contributed by atoms with Gasteiger partial charge in [0, 0.05) is 38.9 Å². The van der Waals surface area contributed by atoms with Gasteiger partial charge in [-0.2, -0.15) is 0 Å². The minimum Gasteiger partial charge on any atom is -0.301 e. The van der Waals surface area contributed by atoms with E-state index in [0.717, 1.165) is 26.2 Å². The quantitative estimate of drug-likeness (QED) is 0.662. The third kappa shape index (κ3) is 3.06. The van der Waals surface area contributed by atoms with Crippen molar-refractivity contribution in [1.82, 2.24) is 14.8 Å². The summed E-state index contributed by atoms with van der Waals surface area (Å²) >= 11 is 0. The molecule has 0 unspecified atom stereocenters. The Morgan fingerprint density at radius 2 is 1.88 bits per heavy atom. The molecule has 3 nitrogen and oxygen atoms in total. The molecule has 0 bridgehead atoms. The van der Waals surface area contributed by atoms with Crippen molar-refractivity contribution in [2.75, 3.05) is 32.7 Å². The Morgan fingerprint density at radius 1 is 1.19 bits per heavy atom. The number of likely N-dealkylation sites (N-methyl/N-ethyl adjacent to an activating group) is 1. The summed E-state index contributed by atoms with van der Waals surface area (Å²) in [6.45, 7) is 9.04. The van der Waals surface area contributed by atoms with Crippen LogP contribution < -0.4 is 5.59 Å². The first-order valence-electron chi connectivity index (χ1n) is 5.93. The summed E-state index contributed by atoms with van der Waals surface area (Å²) < 4.78 is 0. The van der Waals surface area contributed by atoms with Gasteiger partial charge in [-0.25, -0.2) is 0 Å². The molecule has 1 aromatic heterocycles. The van der Waals surface area contributed by atoms with Crippen molar-refractivity contribution in [3.05, 3.63) is 23.9 Å². The first-order chi connectivity index (χ1) is 7.78. The SMILES string of the molecule is [B]c1ccc(CN2CCN(CC)CC2)cn1. The molecule has 1 fully saturated rings. The Balaban J connectivity index is 1.84. The van der Waals surface area contributed by atoms with Crippen LogP contribution in [-0.4, -0.2) is 55.4 Å². The van der Waals surface area contributed by atoms with Gasteiger partial charge in [-0.15, -0.1) is 0 Å². The van der Waals surface area contributed by atoms with E-state index in [9.17, 15) is 0 Å². The number of pyridine rings is 1. The molecule has 1 aliphatic rings. The predicted octanol–water partition coefficient (Wildman–Crippen LogP) is 0.0129. The molecule has 0 amide bonds. The summed E-state index contributed by atoms with van der Waals surface area (Å²) in [4.78, 5) is 9.07. The summed E-state index contributed by atoms with van der Waals surface area (Å²) in [5.41, 5.74) is 1.85. The molecule has 1 aliphatic heterocycles. The van der Waals surface area contributed by atoms with Crippen LogP contribution >= 0.6 is 0 Å². The fourth-order valence-electron chi connectivity index (χ4n) is 2.05. The molecule has 2 radical (unpaired) electrons. The van der Waals surface area contributed by atoms with Gasteiger partial charge in [0.1, 0.15) is 7.85 Å². The van der Waals surface area contributed by atoms with E-state index in [1.165, 1.54) is 18.7 Å². The Morgan fingerprint density at radius 3 is 2.44 bits per heavy atom. The number of hydrogen-bond donors (Lipinski definition) is 0. The summed E-state index contributed by atoms with van der Waals surface area (Å²) in [5, 5.41) is 0. The molecular formula is C12H18BN3. The van der Waals surface area contributed by atoms with Gasteiger partial charge in [-0.1, -0.05) is 19.1 Å². The van der Waals surface area contributed by atoms with E-state index in [4.69, 9.17) is 7.85 Å². The lowest BCUT2D eigenvalue weighted by molar-refractivity contribution is 0.132. The van der Waals surface area contributed by atoms with Crippen molar-refractivity contribution in [1.29, 1.82) is 0 Å². The lowest BCUT2D eigenvalue weighted by atomic mass is 10.0. The molecule has 0 aliphatic carbocycles. The van der Waals surface area contributed by atoms with Crippen molar-refractivity contribution in [2.45, 2.75) is 13.5 Å². The Hall–Kier alpha value is -0.865. The zero-order valence-corrected chi connectivity index (χ0v) is 9.89. The third-order valence-electron chi connectivity index (χ3n) is 3.17. The molecule has 0 spiro atoms. The monoisotopic (exact) mass is 215 g/mol. The number of hydrogen-bond acceptors (Lipinski definition) is 3. The second-order valence-corrected chi connectivity index (χ2v) is 4.30. The van der Waals surface area contributed by atoms with Crippen molar-refractivity contribution < 1.29 is 0 Å². The van der Waals surface area contributed by atoms with E-state index in [-0.39, 0.29) is 0 Å². The molecule has 1 aromatic rings. The molecule has 16 heavy (non-hydrogen) atoms. The predicted molar refractivity (Wildman–Crippen MR) is 67.0 cm³/mol. The fourth-order valence-corrected chi connectivity index (χ4v) is 2.05. The second-order valence-electron chi connectivity index (χ2n) is 4.30. The normalized spacial score (nSPS) is 18.8. The van der Waals surface area contributed by atoms with Gasteiger partial charge in [0.2, 0.25) is 0 Å². The highest BCUT2D eigenvalue weighted by molar-refractivity contribution is 6.30. The Bertz CT molecular complexity index is 318. The second kappa shape index (κ2) is 5.46. The van der Waals surface area contributed by atoms with Crippen LogP contribution in [0, 0.1) is 0 Å². The van der Waals surface area contributed by atoms with Gasteiger partial charge < -0.3 is 4.90 Å². The Kier molecular flexibility index (Phi) is 3.96. The van der Waals surface area contributed by atoms with Crippen LogP contribution in [0.1, 0.15) is 12.5 Å². The maximum absolute atomic E-state index is 5.56. The van der Waals surface area contributed by atoms with Gasteiger partial charge in [0.05, 0.1) is 0 Å². The first-order valence-corrected chi connectivity index (χ1v) is 5.93. The van der Waals surface area contributed by atoms with E-state index in [1.807, 2.05) is 12.3 Å². The average molecular weight is 215 g/mol. The molecular weight excluding hydrogens is 197 g/mol. The molecule has 0 saturated carbocycles. The summed E-state index contributed by atoms with van der Waals surface area (Å²) in [5.74, 6) is 0. The van der Waals surface area contributed by atoms with Gasteiger partial charge in [0.15, 0.2) is 0 Å². The highest BCUT2D eigenvalue weighted by atomic mass is 15.3. The summed E-state index contributed by atoms with van der Waals surface area (Å²) in [6, 6.07) is 3.94.